The van der Waals surface area contributed by atoms with Gasteiger partial charge in [0, 0.05) is 42.9 Å². The van der Waals surface area contributed by atoms with Crippen LogP contribution in [0.4, 0.5) is 29.1 Å². The zero-order chi connectivity index (χ0) is 30.8. The molecule has 1 amide bonds. The molecule has 0 atom stereocenters. The second-order valence-electron chi connectivity index (χ2n) is 10.8. The van der Waals surface area contributed by atoms with Gasteiger partial charge < -0.3 is 24.6 Å². The lowest BCUT2D eigenvalue weighted by molar-refractivity contribution is -0.139. The van der Waals surface area contributed by atoms with Gasteiger partial charge in [-0.1, -0.05) is 12.1 Å². The van der Waals surface area contributed by atoms with Crippen molar-refractivity contribution in [1.29, 1.82) is 0 Å². The molecule has 1 fully saturated rings. The minimum absolute atomic E-state index is 0.0759. The Labute approximate surface area is 239 Å². The van der Waals surface area contributed by atoms with E-state index in [4.69, 9.17) is 9.26 Å². The van der Waals surface area contributed by atoms with Crippen LogP contribution in [-0.2, 0) is 17.5 Å². The number of rotatable bonds is 9. The van der Waals surface area contributed by atoms with Crippen molar-refractivity contribution in [2.24, 2.45) is 11.8 Å². The molecule has 0 bridgehead atoms. The van der Waals surface area contributed by atoms with Gasteiger partial charge in [0.25, 0.3) is 0 Å². The SMILES string of the molecule is Cc1cc(NCc2cnc(Oc3cc(C(=O)O)c(N(C(=O)C4CCC(C)CC4)C(C)C)cc3F)c(C(F)(F)F)c2)no1. The van der Waals surface area contributed by atoms with Gasteiger partial charge in [-0.3, -0.25) is 4.79 Å². The van der Waals surface area contributed by atoms with Gasteiger partial charge in [0.1, 0.15) is 11.3 Å². The molecular formula is C29H32F4N4O5. The second kappa shape index (κ2) is 12.4. The summed E-state index contributed by atoms with van der Waals surface area (Å²) in [5, 5.41) is 16.5. The molecule has 2 aromatic heterocycles. The van der Waals surface area contributed by atoms with Crippen LogP contribution in [0.15, 0.2) is 35.0 Å². The van der Waals surface area contributed by atoms with Crippen LogP contribution < -0.4 is 15.0 Å². The minimum atomic E-state index is -4.92. The van der Waals surface area contributed by atoms with Crippen LogP contribution in [0, 0.1) is 24.6 Å². The highest BCUT2D eigenvalue weighted by Gasteiger charge is 2.37. The average molecular weight is 593 g/mol. The lowest BCUT2D eigenvalue weighted by Crippen LogP contribution is -2.43. The molecule has 9 nitrogen and oxygen atoms in total. The smallest absolute Gasteiger partial charge is 0.421 e. The van der Waals surface area contributed by atoms with Gasteiger partial charge >= 0.3 is 12.1 Å². The number of amides is 1. The molecule has 0 spiro atoms. The number of ether oxygens (including phenoxy) is 1. The van der Waals surface area contributed by atoms with E-state index in [9.17, 15) is 27.9 Å². The van der Waals surface area contributed by atoms with Crippen molar-refractivity contribution in [3.8, 4) is 11.6 Å². The molecule has 3 aromatic rings. The number of benzene rings is 1. The van der Waals surface area contributed by atoms with E-state index in [-0.39, 0.29) is 29.6 Å². The molecule has 0 radical (unpaired) electrons. The number of hydrogen-bond acceptors (Lipinski definition) is 7. The third-order valence-corrected chi connectivity index (χ3v) is 7.18. The van der Waals surface area contributed by atoms with Crippen molar-refractivity contribution >= 4 is 23.4 Å². The van der Waals surface area contributed by atoms with Gasteiger partial charge in [-0.15, -0.1) is 0 Å². The number of carboxylic acid groups (broad SMARTS) is 1. The van der Waals surface area contributed by atoms with E-state index < -0.39 is 46.8 Å². The maximum Gasteiger partial charge on any atom is 0.421 e. The molecule has 1 aromatic carbocycles. The van der Waals surface area contributed by atoms with Gasteiger partial charge in [-0.2, -0.15) is 13.2 Å². The Morgan fingerprint density at radius 3 is 2.43 bits per heavy atom. The first kappa shape index (κ1) is 30.8. The van der Waals surface area contributed by atoms with Gasteiger partial charge in [0.05, 0.1) is 11.3 Å². The van der Waals surface area contributed by atoms with Gasteiger partial charge in [0.2, 0.25) is 11.8 Å². The number of aromatic nitrogens is 2. The number of aryl methyl sites for hydroxylation is 1. The predicted molar refractivity (Wildman–Crippen MR) is 145 cm³/mol. The Hall–Kier alpha value is -4.16. The number of nitrogens with one attached hydrogen (secondary N) is 1. The normalized spacial score (nSPS) is 17.3. The van der Waals surface area contributed by atoms with Crippen LogP contribution >= 0.6 is 0 Å². The van der Waals surface area contributed by atoms with E-state index in [1.807, 2.05) is 0 Å². The number of hydrogen-bond donors (Lipinski definition) is 2. The third-order valence-electron chi connectivity index (χ3n) is 7.18. The first-order valence-corrected chi connectivity index (χ1v) is 13.6. The summed E-state index contributed by atoms with van der Waals surface area (Å²) in [7, 11) is 0. The number of aromatic carboxylic acids is 1. The van der Waals surface area contributed by atoms with Crippen LogP contribution in [0.3, 0.4) is 0 Å². The lowest BCUT2D eigenvalue weighted by Gasteiger charge is -2.34. The fourth-order valence-electron chi connectivity index (χ4n) is 4.97. The van der Waals surface area contributed by atoms with Crippen molar-refractivity contribution in [3.05, 3.63) is 58.7 Å². The summed E-state index contributed by atoms with van der Waals surface area (Å²) in [6.07, 6.45) is -0.862. The van der Waals surface area contributed by atoms with E-state index in [2.05, 4.69) is 22.4 Å². The minimum Gasteiger partial charge on any atom is -0.478 e. The molecule has 1 aliphatic carbocycles. The Bertz CT molecular complexity index is 1450. The molecule has 0 aliphatic heterocycles. The molecule has 2 N–H and O–H groups in total. The highest BCUT2D eigenvalue weighted by molar-refractivity contribution is 6.03. The number of halogens is 4. The number of nitrogens with zero attached hydrogens (tertiary/aromatic N) is 3. The summed E-state index contributed by atoms with van der Waals surface area (Å²) < 4.78 is 67.4. The van der Waals surface area contributed by atoms with Crippen LogP contribution in [0.5, 0.6) is 11.6 Å². The largest absolute Gasteiger partial charge is 0.478 e. The van der Waals surface area contributed by atoms with Crippen LogP contribution in [0.2, 0.25) is 0 Å². The maximum absolute atomic E-state index is 15.4. The van der Waals surface area contributed by atoms with Crippen LogP contribution in [0.25, 0.3) is 0 Å². The van der Waals surface area contributed by atoms with E-state index >= 15 is 4.39 Å². The van der Waals surface area contributed by atoms with Crippen molar-refractivity contribution in [2.45, 2.75) is 72.1 Å². The predicted octanol–water partition coefficient (Wildman–Crippen LogP) is 7.21. The summed E-state index contributed by atoms with van der Waals surface area (Å²) in [6.45, 7) is 7.03. The summed E-state index contributed by atoms with van der Waals surface area (Å²) in [5.41, 5.74) is -1.85. The quantitative estimate of drug-likeness (QED) is 0.250. The summed E-state index contributed by atoms with van der Waals surface area (Å²) >= 11 is 0. The van der Waals surface area contributed by atoms with E-state index in [0.29, 0.717) is 30.3 Å². The van der Waals surface area contributed by atoms with Crippen molar-refractivity contribution in [2.75, 3.05) is 10.2 Å². The lowest BCUT2D eigenvalue weighted by atomic mass is 9.82. The third kappa shape index (κ3) is 7.00. The fraction of sp³-hybridized carbons (Fsp3) is 0.448. The van der Waals surface area contributed by atoms with E-state index in [1.54, 1.807) is 26.8 Å². The number of alkyl halides is 3. The number of carbonyl (C=O) groups is 2. The van der Waals surface area contributed by atoms with E-state index in [1.165, 1.54) is 4.90 Å². The fourth-order valence-corrected chi connectivity index (χ4v) is 4.97. The number of anilines is 2. The molecule has 4 rings (SSSR count). The van der Waals surface area contributed by atoms with Gasteiger partial charge in [-0.05, 0) is 64.0 Å². The monoisotopic (exact) mass is 592 g/mol. The Morgan fingerprint density at radius 2 is 1.86 bits per heavy atom. The highest BCUT2D eigenvalue weighted by atomic mass is 19.4. The molecule has 1 saturated carbocycles. The standard InChI is InChI=1S/C29H32F4N4O5/c1-15(2)37(27(38)19-7-5-16(3)6-8-19)23-12-22(30)24(11-20(23)28(39)40)41-26-21(29(31,32)33)10-18(14-35-26)13-34-25-9-17(4)42-36-25/h9-12,14-16,19H,5-8,13H2,1-4H3,(H,34,36)(H,39,40). The topological polar surface area (TPSA) is 118 Å². The summed E-state index contributed by atoms with van der Waals surface area (Å²) in [5.74, 6) is -3.75. The summed E-state index contributed by atoms with van der Waals surface area (Å²) in [6, 6.07) is 3.43. The first-order valence-electron chi connectivity index (χ1n) is 13.6. The van der Waals surface area contributed by atoms with Crippen molar-refractivity contribution < 1.29 is 41.5 Å². The van der Waals surface area contributed by atoms with Crippen molar-refractivity contribution in [1.82, 2.24) is 10.1 Å². The second-order valence-corrected chi connectivity index (χ2v) is 10.8. The van der Waals surface area contributed by atoms with Crippen LogP contribution in [-0.4, -0.2) is 33.2 Å². The number of carbonyl (C=O) groups excluding carboxylic acids is 1. The first-order chi connectivity index (χ1) is 19.7. The zero-order valence-corrected chi connectivity index (χ0v) is 23.6. The molecule has 2 heterocycles. The zero-order valence-electron chi connectivity index (χ0n) is 23.6. The number of pyridine rings is 1. The average Bonchev–Trinajstić information content (AvgIpc) is 3.33. The van der Waals surface area contributed by atoms with Gasteiger partial charge in [0.15, 0.2) is 17.4 Å². The Balaban J connectivity index is 1.65. The molecule has 13 heteroatoms. The Morgan fingerprint density at radius 1 is 1.17 bits per heavy atom. The maximum atomic E-state index is 15.4. The van der Waals surface area contributed by atoms with Gasteiger partial charge in [-0.25, -0.2) is 14.2 Å². The molecule has 226 valence electrons. The van der Waals surface area contributed by atoms with E-state index in [0.717, 1.165) is 37.2 Å². The Kier molecular flexibility index (Phi) is 9.07. The molecule has 0 saturated heterocycles. The van der Waals surface area contributed by atoms with Crippen LogP contribution in [0.1, 0.15) is 73.7 Å². The molecule has 0 unspecified atom stereocenters. The van der Waals surface area contributed by atoms with Crippen molar-refractivity contribution in [3.63, 3.8) is 0 Å². The molecular weight excluding hydrogens is 560 g/mol. The summed E-state index contributed by atoms with van der Waals surface area (Å²) in [4.78, 5) is 30.7. The number of carboxylic acids is 1. The molecule has 42 heavy (non-hydrogen) atoms. The molecule has 1 aliphatic rings. The highest BCUT2D eigenvalue weighted by Crippen LogP contribution is 2.40.